The van der Waals surface area contributed by atoms with Gasteiger partial charge in [-0.1, -0.05) is 44.1 Å². The first kappa shape index (κ1) is 24.1. The third kappa shape index (κ3) is 5.69. The molecule has 0 saturated heterocycles. The highest BCUT2D eigenvalue weighted by Crippen LogP contribution is 2.57. The van der Waals surface area contributed by atoms with Crippen LogP contribution in [0.5, 0.6) is 0 Å². The highest BCUT2D eigenvalue weighted by molar-refractivity contribution is 5.45. The van der Waals surface area contributed by atoms with Crippen molar-refractivity contribution in [3.8, 4) is 0 Å². The van der Waals surface area contributed by atoms with E-state index in [-0.39, 0.29) is 6.10 Å². The molecule has 6 atom stereocenters. The summed E-state index contributed by atoms with van der Waals surface area (Å²) in [6.45, 7) is 16.7. The number of hydrogen-bond acceptors (Lipinski definition) is 4. The van der Waals surface area contributed by atoms with Crippen molar-refractivity contribution in [2.45, 2.75) is 90.6 Å². The Morgan fingerprint density at radius 1 is 1.24 bits per heavy atom. The van der Waals surface area contributed by atoms with Crippen LogP contribution in [0.25, 0.3) is 0 Å². The Kier molecular flexibility index (Phi) is 8.48. The molecule has 2 aliphatic carbocycles. The first-order chi connectivity index (χ1) is 13.6. The molecule has 0 amide bonds. The molecule has 1 fully saturated rings. The Balaban J connectivity index is 2.19. The molecule has 2 aliphatic rings. The van der Waals surface area contributed by atoms with Crippen LogP contribution in [-0.2, 0) is 4.74 Å². The van der Waals surface area contributed by atoms with E-state index < -0.39 is 23.7 Å². The number of hydrogen-bond donors (Lipinski definition) is 3. The van der Waals surface area contributed by atoms with Gasteiger partial charge < -0.3 is 20.1 Å². The van der Waals surface area contributed by atoms with E-state index in [0.717, 1.165) is 41.6 Å². The van der Waals surface area contributed by atoms with E-state index in [1.54, 1.807) is 0 Å². The molecule has 0 heterocycles. The lowest BCUT2D eigenvalue weighted by molar-refractivity contribution is 0.0792. The third-order valence-corrected chi connectivity index (χ3v) is 6.66. The molecule has 0 aliphatic heterocycles. The van der Waals surface area contributed by atoms with Crippen LogP contribution in [0.3, 0.4) is 0 Å². The Morgan fingerprint density at radius 3 is 2.41 bits per heavy atom. The Morgan fingerprint density at radius 2 is 1.90 bits per heavy atom. The van der Waals surface area contributed by atoms with Crippen LogP contribution >= 0.6 is 0 Å². The summed E-state index contributed by atoms with van der Waals surface area (Å²) in [7, 11) is 0. The van der Waals surface area contributed by atoms with E-state index in [1.165, 1.54) is 0 Å². The first-order valence-electron chi connectivity index (χ1n) is 11.0. The molecular formula is C25H40O4. The van der Waals surface area contributed by atoms with Crippen LogP contribution in [0.15, 0.2) is 47.6 Å². The smallest absolute Gasteiger partial charge is 0.0909 e. The van der Waals surface area contributed by atoms with Gasteiger partial charge in [0.15, 0.2) is 0 Å². The summed E-state index contributed by atoms with van der Waals surface area (Å²) in [5.74, 6) is 0.542. The van der Waals surface area contributed by atoms with Crippen molar-refractivity contribution in [3.63, 3.8) is 0 Å². The largest absolute Gasteiger partial charge is 0.392 e. The zero-order valence-electron chi connectivity index (χ0n) is 18.7. The zero-order valence-corrected chi connectivity index (χ0v) is 18.7. The first-order valence-corrected chi connectivity index (χ1v) is 11.0. The van der Waals surface area contributed by atoms with Gasteiger partial charge in [0.25, 0.3) is 0 Å². The third-order valence-electron chi connectivity index (χ3n) is 6.66. The van der Waals surface area contributed by atoms with Gasteiger partial charge >= 0.3 is 0 Å². The predicted octanol–water partition coefficient (Wildman–Crippen LogP) is 4.47. The summed E-state index contributed by atoms with van der Waals surface area (Å²) < 4.78 is 5.98. The van der Waals surface area contributed by atoms with Crippen molar-refractivity contribution >= 4 is 0 Å². The molecular weight excluding hydrogens is 364 g/mol. The molecule has 29 heavy (non-hydrogen) atoms. The molecule has 3 N–H and O–H groups in total. The Labute approximate surface area is 176 Å². The van der Waals surface area contributed by atoms with E-state index in [0.29, 0.717) is 31.8 Å². The van der Waals surface area contributed by atoms with Crippen LogP contribution in [0.4, 0.5) is 0 Å². The molecule has 0 bridgehead atoms. The van der Waals surface area contributed by atoms with E-state index in [1.807, 2.05) is 26.0 Å². The zero-order chi connectivity index (χ0) is 21.8. The van der Waals surface area contributed by atoms with E-state index in [9.17, 15) is 15.3 Å². The number of ether oxygens (including phenoxy) is 1. The summed E-state index contributed by atoms with van der Waals surface area (Å²) in [6, 6.07) is 0. The fourth-order valence-electron chi connectivity index (χ4n) is 4.13. The van der Waals surface area contributed by atoms with E-state index >= 15 is 0 Å². The van der Waals surface area contributed by atoms with Gasteiger partial charge in [-0.15, -0.1) is 6.58 Å². The summed E-state index contributed by atoms with van der Waals surface area (Å²) >= 11 is 0. The SMILES string of the molecule is C=C(C)CCOC1C=C(C(O)CCC(C)CC)C(C(O)C2(C(=C)C)CC2O)=CC1. The van der Waals surface area contributed by atoms with Gasteiger partial charge in [0.2, 0.25) is 0 Å². The van der Waals surface area contributed by atoms with Crippen molar-refractivity contribution in [2.24, 2.45) is 11.3 Å². The Hall–Kier alpha value is -1.20. The molecule has 0 aromatic heterocycles. The quantitative estimate of drug-likeness (QED) is 0.420. The molecule has 164 valence electrons. The molecule has 4 heteroatoms. The van der Waals surface area contributed by atoms with Gasteiger partial charge in [0.1, 0.15) is 0 Å². The second kappa shape index (κ2) is 10.2. The van der Waals surface area contributed by atoms with Crippen molar-refractivity contribution in [3.05, 3.63) is 47.6 Å². The number of aliphatic hydroxyl groups excluding tert-OH is 3. The fraction of sp³-hybridized carbons (Fsp3) is 0.680. The molecule has 6 unspecified atom stereocenters. The lowest BCUT2D eigenvalue weighted by atomic mass is 9.78. The molecule has 0 aromatic carbocycles. The van der Waals surface area contributed by atoms with Gasteiger partial charge in [-0.3, -0.25) is 0 Å². The van der Waals surface area contributed by atoms with Crippen LogP contribution in [0.1, 0.15) is 66.2 Å². The van der Waals surface area contributed by atoms with Crippen LogP contribution in [-0.4, -0.2) is 46.3 Å². The monoisotopic (exact) mass is 404 g/mol. The highest BCUT2D eigenvalue weighted by atomic mass is 16.5. The topological polar surface area (TPSA) is 69.9 Å². The minimum absolute atomic E-state index is 0.122. The van der Waals surface area contributed by atoms with Gasteiger partial charge in [-0.05, 0) is 69.1 Å². The number of rotatable bonds is 12. The van der Waals surface area contributed by atoms with E-state index in [4.69, 9.17) is 4.74 Å². The lowest BCUT2D eigenvalue weighted by Crippen LogP contribution is -2.33. The number of aliphatic hydroxyl groups is 3. The van der Waals surface area contributed by atoms with Crippen molar-refractivity contribution in [1.82, 2.24) is 0 Å². The van der Waals surface area contributed by atoms with Crippen LogP contribution in [0.2, 0.25) is 0 Å². The van der Waals surface area contributed by atoms with E-state index in [2.05, 4.69) is 27.0 Å². The summed E-state index contributed by atoms with van der Waals surface area (Å²) in [5.41, 5.74) is 2.63. The average Bonchev–Trinajstić information content (AvgIpc) is 3.37. The lowest BCUT2D eigenvalue weighted by Gasteiger charge is -2.32. The fourth-order valence-corrected chi connectivity index (χ4v) is 4.13. The normalized spacial score (nSPS) is 29.5. The molecule has 1 saturated carbocycles. The van der Waals surface area contributed by atoms with Crippen molar-refractivity contribution < 1.29 is 20.1 Å². The maximum absolute atomic E-state index is 11.2. The molecule has 4 nitrogen and oxygen atoms in total. The molecule has 0 aromatic rings. The molecule has 2 rings (SSSR count). The molecule has 0 spiro atoms. The van der Waals surface area contributed by atoms with Crippen LogP contribution < -0.4 is 0 Å². The van der Waals surface area contributed by atoms with Gasteiger partial charge in [-0.2, -0.15) is 0 Å². The van der Waals surface area contributed by atoms with Crippen LogP contribution in [0, 0.1) is 11.3 Å². The van der Waals surface area contributed by atoms with Gasteiger partial charge in [0, 0.05) is 5.41 Å². The Bertz CT molecular complexity index is 662. The second-order valence-corrected chi connectivity index (χ2v) is 9.18. The minimum Gasteiger partial charge on any atom is -0.392 e. The van der Waals surface area contributed by atoms with Gasteiger partial charge in [0.05, 0.1) is 31.0 Å². The second-order valence-electron chi connectivity index (χ2n) is 9.18. The summed E-state index contributed by atoms with van der Waals surface area (Å²) in [6.07, 6.45) is 6.33. The summed E-state index contributed by atoms with van der Waals surface area (Å²) in [4.78, 5) is 0. The van der Waals surface area contributed by atoms with Gasteiger partial charge in [-0.25, -0.2) is 0 Å². The van der Waals surface area contributed by atoms with Crippen molar-refractivity contribution in [2.75, 3.05) is 6.61 Å². The maximum atomic E-state index is 11.2. The highest BCUT2D eigenvalue weighted by Gasteiger charge is 2.60. The molecule has 0 radical (unpaired) electrons. The standard InChI is InChI=1S/C25H40O4/c1-7-18(6)8-11-22(26)21-14-19(29-13-12-16(2)3)9-10-20(21)24(28)25(17(4)5)15-23(25)27/h10,14,18-19,22-24,26-28H,2,4,7-9,11-13,15H2,1,3,5-6H3. The summed E-state index contributed by atoms with van der Waals surface area (Å²) in [5, 5.41) is 32.4. The minimum atomic E-state index is -0.865. The average molecular weight is 405 g/mol. The maximum Gasteiger partial charge on any atom is 0.0909 e. The predicted molar refractivity (Wildman–Crippen MR) is 119 cm³/mol. The van der Waals surface area contributed by atoms with Crippen molar-refractivity contribution in [1.29, 1.82) is 0 Å².